The third-order valence-electron chi connectivity index (χ3n) is 10.5. The molecule has 2 aliphatic heterocycles. The Kier molecular flexibility index (Phi) is 6.58. The Hall–Kier alpha value is -5.65. The van der Waals surface area contributed by atoms with Gasteiger partial charge in [0.15, 0.2) is 17.5 Å². The second kappa shape index (κ2) is 10.9. The highest BCUT2D eigenvalue weighted by Crippen LogP contribution is 2.52. The molecule has 236 valence electrons. The first-order valence-corrected chi connectivity index (χ1v) is 20.0. The van der Waals surface area contributed by atoms with Crippen molar-refractivity contribution in [1.29, 1.82) is 0 Å². The fourth-order valence-corrected chi connectivity index (χ4v) is 12.0. The van der Waals surface area contributed by atoms with Crippen molar-refractivity contribution in [1.82, 2.24) is 15.0 Å². The van der Waals surface area contributed by atoms with Crippen molar-refractivity contribution in [2.75, 3.05) is 4.90 Å². The first-order valence-electron chi connectivity index (χ1n) is 17.0. The molecule has 0 spiro atoms. The number of rotatable bonds is 4. The van der Waals surface area contributed by atoms with Crippen molar-refractivity contribution in [3.05, 3.63) is 157 Å². The van der Waals surface area contributed by atoms with Gasteiger partial charge < -0.3 is 4.90 Å². The molecule has 4 nitrogen and oxygen atoms in total. The monoisotopic (exact) mass is 648 g/mol. The highest BCUT2D eigenvalue weighted by Gasteiger charge is 2.45. The Morgan fingerprint density at radius 1 is 0.429 bits per heavy atom. The van der Waals surface area contributed by atoms with Gasteiger partial charge in [-0.1, -0.05) is 154 Å². The quantitative estimate of drug-likeness (QED) is 0.178. The maximum absolute atomic E-state index is 5.18. The van der Waals surface area contributed by atoms with Gasteiger partial charge >= 0.3 is 0 Å². The smallest absolute Gasteiger partial charge is 0.164 e. The molecule has 0 fully saturated rings. The van der Waals surface area contributed by atoms with Gasteiger partial charge in [-0.2, -0.15) is 0 Å². The zero-order valence-corrected chi connectivity index (χ0v) is 29.1. The number of anilines is 3. The van der Waals surface area contributed by atoms with Gasteiger partial charge in [-0.15, -0.1) is 0 Å². The van der Waals surface area contributed by atoms with Crippen LogP contribution in [0, 0.1) is 0 Å². The van der Waals surface area contributed by atoms with E-state index in [4.69, 9.17) is 15.0 Å². The molecule has 9 rings (SSSR count). The van der Waals surface area contributed by atoms with Gasteiger partial charge in [0.25, 0.3) is 0 Å². The average Bonchev–Trinajstić information content (AvgIpc) is 3.39. The Bertz CT molecular complexity index is 2290. The van der Waals surface area contributed by atoms with Crippen LogP contribution in [0.4, 0.5) is 17.1 Å². The van der Waals surface area contributed by atoms with E-state index in [2.05, 4.69) is 141 Å². The first-order chi connectivity index (χ1) is 23.8. The fraction of sp³-hybridized carbons (Fsp3) is 0.114. The molecule has 2 aliphatic rings. The van der Waals surface area contributed by atoms with E-state index in [1.807, 2.05) is 36.4 Å². The molecule has 0 bridgehead atoms. The number of aromatic nitrogens is 3. The predicted molar refractivity (Wildman–Crippen MR) is 205 cm³/mol. The van der Waals surface area contributed by atoms with Crippen LogP contribution < -0.4 is 15.3 Å². The molecule has 0 unspecified atom stereocenters. The van der Waals surface area contributed by atoms with Crippen LogP contribution in [0.3, 0.4) is 0 Å². The molecule has 0 saturated carbocycles. The number of nitrogens with zero attached hydrogens (tertiary/aromatic N) is 4. The lowest BCUT2D eigenvalue weighted by Crippen LogP contribution is -2.51. The van der Waals surface area contributed by atoms with Crippen LogP contribution in [0.15, 0.2) is 146 Å². The summed E-state index contributed by atoms with van der Waals surface area (Å²) >= 11 is 0. The zero-order valence-electron chi connectivity index (χ0n) is 28.1. The summed E-state index contributed by atoms with van der Waals surface area (Å²) in [7, 11) is -2.35. The third-order valence-corrected chi connectivity index (χ3v) is 14.0. The molecule has 3 heterocycles. The summed E-state index contributed by atoms with van der Waals surface area (Å²) in [4.78, 5) is 17.9. The molecule has 1 aromatic heterocycles. The average molecular weight is 649 g/mol. The molecule has 0 amide bonds. The number of hydrogen-bond donors (Lipinski definition) is 0. The van der Waals surface area contributed by atoms with E-state index in [1.54, 1.807) is 0 Å². The zero-order chi connectivity index (χ0) is 33.3. The lowest BCUT2D eigenvalue weighted by Gasteiger charge is -2.43. The summed E-state index contributed by atoms with van der Waals surface area (Å²) in [6.45, 7) is 9.68. The second-order valence-electron chi connectivity index (χ2n) is 14.1. The minimum atomic E-state index is -2.35. The standard InChI is InChI=1S/C44H36N4Si/c1-44(2)34-24-11-13-26-36(34)48(37-27-14-12-25-35(37)44)38-28-16-22-32-31-21-15-23-33(39(31)49(3,4)40(32)38)43-46-41(29-17-7-5-8-18-29)45-42(47-43)30-19-9-6-10-20-30/h5-28H,1-4H3. The first kappa shape index (κ1) is 29.5. The van der Waals surface area contributed by atoms with Gasteiger partial charge in [-0.3, -0.25) is 0 Å². The summed E-state index contributed by atoms with van der Waals surface area (Å²) in [5.41, 5.74) is 12.0. The molecular weight excluding hydrogens is 613 g/mol. The molecule has 0 N–H and O–H groups in total. The highest BCUT2D eigenvalue weighted by molar-refractivity contribution is 7.05. The third kappa shape index (κ3) is 4.46. The van der Waals surface area contributed by atoms with Crippen molar-refractivity contribution in [3.8, 4) is 45.3 Å². The van der Waals surface area contributed by atoms with Crippen molar-refractivity contribution in [3.63, 3.8) is 0 Å². The molecular formula is C44H36N4Si. The molecule has 49 heavy (non-hydrogen) atoms. The molecule has 0 saturated heterocycles. The summed E-state index contributed by atoms with van der Waals surface area (Å²) in [6.07, 6.45) is 0. The number of para-hydroxylation sites is 2. The maximum Gasteiger partial charge on any atom is 0.164 e. The molecule has 6 aromatic carbocycles. The van der Waals surface area contributed by atoms with Crippen LogP contribution >= 0.6 is 0 Å². The second-order valence-corrected chi connectivity index (χ2v) is 18.3. The topological polar surface area (TPSA) is 41.9 Å². The van der Waals surface area contributed by atoms with E-state index in [9.17, 15) is 0 Å². The van der Waals surface area contributed by atoms with Crippen molar-refractivity contribution in [2.24, 2.45) is 0 Å². The van der Waals surface area contributed by atoms with Gasteiger partial charge in [0.1, 0.15) is 8.07 Å². The van der Waals surface area contributed by atoms with Crippen LogP contribution in [0.2, 0.25) is 13.1 Å². The van der Waals surface area contributed by atoms with Crippen LogP contribution in [0.5, 0.6) is 0 Å². The van der Waals surface area contributed by atoms with Crippen molar-refractivity contribution in [2.45, 2.75) is 32.4 Å². The Labute approximate surface area is 288 Å². The molecule has 7 aromatic rings. The summed E-state index contributed by atoms with van der Waals surface area (Å²) in [6, 6.07) is 51.9. The predicted octanol–water partition coefficient (Wildman–Crippen LogP) is 9.78. The van der Waals surface area contributed by atoms with E-state index < -0.39 is 8.07 Å². The van der Waals surface area contributed by atoms with E-state index in [0.29, 0.717) is 11.6 Å². The summed E-state index contributed by atoms with van der Waals surface area (Å²) in [5.74, 6) is 2.08. The number of fused-ring (bicyclic) bond motifs is 5. The van der Waals surface area contributed by atoms with Crippen LogP contribution in [0.25, 0.3) is 45.3 Å². The number of benzene rings is 6. The highest BCUT2D eigenvalue weighted by atomic mass is 28.3. The molecule has 0 aliphatic carbocycles. The molecule has 0 radical (unpaired) electrons. The lowest BCUT2D eigenvalue weighted by atomic mass is 9.73. The maximum atomic E-state index is 5.18. The van der Waals surface area contributed by atoms with Gasteiger partial charge in [0.2, 0.25) is 0 Å². The van der Waals surface area contributed by atoms with Gasteiger partial charge in [-0.25, -0.2) is 15.0 Å². The Balaban J connectivity index is 1.27. The minimum Gasteiger partial charge on any atom is -0.310 e. The Morgan fingerprint density at radius 2 is 0.857 bits per heavy atom. The van der Waals surface area contributed by atoms with Crippen molar-refractivity contribution < 1.29 is 0 Å². The van der Waals surface area contributed by atoms with Crippen molar-refractivity contribution >= 4 is 35.5 Å². The van der Waals surface area contributed by atoms with E-state index >= 15 is 0 Å². The molecule has 5 heteroatoms. The molecule has 0 atom stereocenters. The summed E-state index contributed by atoms with van der Waals surface area (Å²) < 4.78 is 0. The van der Waals surface area contributed by atoms with Crippen LogP contribution in [-0.4, -0.2) is 23.0 Å². The van der Waals surface area contributed by atoms with Crippen LogP contribution in [0.1, 0.15) is 25.0 Å². The number of hydrogen-bond acceptors (Lipinski definition) is 4. The van der Waals surface area contributed by atoms with Gasteiger partial charge in [0.05, 0.1) is 11.4 Å². The van der Waals surface area contributed by atoms with E-state index in [0.717, 1.165) is 22.5 Å². The Morgan fingerprint density at radius 3 is 1.43 bits per heavy atom. The lowest BCUT2D eigenvalue weighted by molar-refractivity contribution is 0.632. The van der Waals surface area contributed by atoms with Crippen LogP contribution in [-0.2, 0) is 5.41 Å². The largest absolute Gasteiger partial charge is 0.310 e. The van der Waals surface area contributed by atoms with Gasteiger partial charge in [-0.05, 0) is 50.8 Å². The fourth-order valence-electron chi connectivity index (χ4n) is 8.23. The normalized spacial score (nSPS) is 14.8. The van der Waals surface area contributed by atoms with E-state index in [1.165, 1.54) is 49.7 Å². The van der Waals surface area contributed by atoms with E-state index in [-0.39, 0.29) is 5.41 Å². The minimum absolute atomic E-state index is 0.115. The summed E-state index contributed by atoms with van der Waals surface area (Å²) in [5, 5.41) is 2.82. The SMILES string of the molecule is CC1(C)c2ccccc2N(c2cccc3c2[Si](C)(C)c2c(-c4nc(-c5ccccc5)nc(-c5ccccc5)n4)cccc2-3)c2ccccc21. The van der Waals surface area contributed by atoms with Gasteiger partial charge in [0, 0.05) is 27.8 Å².